The second kappa shape index (κ2) is 6.69. The third-order valence-electron chi connectivity index (χ3n) is 4.54. The van der Waals surface area contributed by atoms with E-state index < -0.39 is 0 Å². The molecule has 0 spiro atoms. The van der Waals surface area contributed by atoms with Gasteiger partial charge in [0.1, 0.15) is 17.1 Å². The Bertz CT molecular complexity index is 600. The van der Waals surface area contributed by atoms with E-state index in [1.54, 1.807) is 7.11 Å². The van der Waals surface area contributed by atoms with E-state index >= 15 is 0 Å². The highest BCUT2D eigenvalue weighted by atomic mass is 35.5. The van der Waals surface area contributed by atoms with Crippen molar-refractivity contribution in [1.82, 2.24) is 9.55 Å². The Labute approximate surface area is 131 Å². The summed E-state index contributed by atoms with van der Waals surface area (Å²) in [6.07, 6.45) is 9.14. The van der Waals surface area contributed by atoms with Gasteiger partial charge in [-0.1, -0.05) is 38.2 Å². The number of imidazole rings is 1. The summed E-state index contributed by atoms with van der Waals surface area (Å²) in [5, 5.41) is 0. The van der Waals surface area contributed by atoms with Crippen molar-refractivity contribution in [3.8, 4) is 5.75 Å². The smallest absolute Gasteiger partial charge is 0.146 e. The Hall–Kier alpha value is -1.22. The van der Waals surface area contributed by atoms with Crippen molar-refractivity contribution in [3.05, 3.63) is 24.0 Å². The molecule has 0 amide bonds. The molecule has 1 aliphatic rings. The zero-order valence-corrected chi connectivity index (χ0v) is 13.4. The number of hydrogen-bond donors (Lipinski definition) is 0. The summed E-state index contributed by atoms with van der Waals surface area (Å²) >= 11 is 6.17. The highest BCUT2D eigenvalue weighted by Crippen LogP contribution is 2.34. The molecular formula is C17H23ClN2O. The number of rotatable bonds is 3. The molecule has 3 nitrogen and oxygen atoms in total. The van der Waals surface area contributed by atoms with Crippen LogP contribution in [0.5, 0.6) is 5.75 Å². The summed E-state index contributed by atoms with van der Waals surface area (Å²) in [5.41, 5.74) is 2.10. The summed E-state index contributed by atoms with van der Waals surface area (Å²) in [6.45, 7) is 0. The van der Waals surface area contributed by atoms with Gasteiger partial charge < -0.3 is 9.30 Å². The van der Waals surface area contributed by atoms with E-state index in [1.165, 1.54) is 44.9 Å². The lowest BCUT2D eigenvalue weighted by atomic mass is 9.96. The van der Waals surface area contributed by atoms with Gasteiger partial charge in [-0.15, -0.1) is 11.6 Å². The van der Waals surface area contributed by atoms with E-state index in [0.717, 1.165) is 22.6 Å². The van der Waals surface area contributed by atoms with Gasteiger partial charge in [0.15, 0.2) is 0 Å². The highest BCUT2D eigenvalue weighted by molar-refractivity contribution is 6.16. The Balaban J connectivity index is 2.06. The molecule has 0 bridgehead atoms. The van der Waals surface area contributed by atoms with Crippen molar-refractivity contribution in [3.63, 3.8) is 0 Å². The summed E-state index contributed by atoms with van der Waals surface area (Å²) < 4.78 is 7.82. The Morgan fingerprint density at radius 1 is 1.19 bits per heavy atom. The zero-order valence-electron chi connectivity index (χ0n) is 12.6. The number of aromatic nitrogens is 2. The SMILES string of the molecule is COc1cccc2c1nc(CCl)n2C1CCCCCCC1. The Kier molecular flexibility index (Phi) is 4.69. The van der Waals surface area contributed by atoms with Crippen LogP contribution in [0.3, 0.4) is 0 Å². The van der Waals surface area contributed by atoms with Crippen molar-refractivity contribution < 1.29 is 4.74 Å². The highest BCUT2D eigenvalue weighted by Gasteiger charge is 2.21. The molecule has 3 rings (SSSR count). The maximum Gasteiger partial charge on any atom is 0.146 e. The largest absolute Gasteiger partial charge is 0.494 e. The van der Waals surface area contributed by atoms with Gasteiger partial charge in [0, 0.05) is 6.04 Å². The fraction of sp³-hybridized carbons (Fsp3) is 0.588. The standard InChI is InChI=1S/C17H23ClN2O/c1-21-15-11-7-10-14-17(15)19-16(12-18)20(14)13-8-5-3-2-4-6-9-13/h7,10-11,13H,2-6,8-9,12H2,1H3. The van der Waals surface area contributed by atoms with Crippen LogP contribution in [0.25, 0.3) is 11.0 Å². The average molecular weight is 307 g/mol. The number of ether oxygens (including phenoxy) is 1. The van der Waals surface area contributed by atoms with Crippen molar-refractivity contribution in [2.24, 2.45) is 0 Å². The van der Waals surface area contributed by atoms with Crippen LogP contribution >= 0.6 is 11.6 Å². The zero-order chi connectivity index (χ0) is 14.7. The van der Waals surface area contributed by atoms with E-state index in [4.69, 9.17) is 21.3 Å². The first-order valence-electron chi connectivity index (χ1n) is 7.95. The van der Waals surface area contributed by atoms with Gasteiger partial charge in [-0.2, -0.15) is 0 Å². The van der Waals surface area contributed by atoms with E-state index in [2.05, 4.69) is 10.6 Å². The third-order valence-corrected chi connectivity index (χ3v) is 4.77. The number of nitrogens with zero attached hydrogens (tertiary/aromatic N) is 2. The first-order valence-corrected chi connectivity index (χ1v) is 8.48. The first-order chi connectivity index (χ1) is 10.3. The molecule has 114 valence electrons. The lowest BCUT2D eigenvalue weighted by molar-refractivity contribution is 0.373. The van der Waals surface area contributed by atoms with Crippen LogP contribution < -0.4 is 4.74 Å². The van der Waals surface area contributed by atoms with Gasteiger partial charge in [0.2, 0.25) is 0 Å². The molecule has 0 N–H and O–H groups in total. The number of halogens is 1. The number of alkyl halides is 1. The van der Waals surface area contributed by atoms with Gasteiger partial charge in [0.05, 0.1) is 18.5 Å². The van der Waals surface area contributed by atoms with Crippen LogP contribution in [0.2, 0.25) is 0 Å². The Morgan fingerprint density at radius 3 is 2.57 bits per heavy atom. The molecule has 0 atom stereocenters. The van der Waals surface area contributed by atoms with Gasteiger partial charge in [0.25, 0.3) is 0 Å². The molecule has 0 aliphatic heterocycles. The van der Waals surface area contributed by atoms with Gasteiger partial charge in [-0.25, -0.2) is 4.98 Å². The lowest BCUT2D eigenvalue weighted by Crippen LogP contribution is -2.13. The minimum Gasteiger partial charge on any atom is -0.494 e. The molecule has 4 heteroatoms. The molecule has 1 aromatic carbocycles. The molecule has 2 aromatic rings. The quantitative estimate of drug-likeness (QED) is 0.740. The van der Waals surface area contributed by atoms with Crippen LogP contribution in [-0.2, 0) is 5.88 Å². The maximum absolute atomic E-state index is 6.17. The molecule has 0 saturated heterocycles. The summed E-state index contributed by atoms with van der Waals surface area (Å²) in [6, 6.07) is 6.67. The molecule has 0 unspecified atom stereocenters. The topological polar surface area (TPSA) is 27.1 Å². The van der Waals surface area contributed by atoms with Crippen LogP contribution in [0, 0.1) is 0 Å². The third kappa shape index (κ3) is 2.89. The minimum absolute atomic E-state index is 0.453. The lowest BCUT2D eigenvalue weighted by Gasteiger charge is -2.23. The summed E-state index contributed by atoms with van der Waals surface area (Å²) in [5.74, 6) is 2.26. The molecule has 0 radical (unpaired) electrons. The number of benzene rings is 1. The number of para-hydroxylation sites is 1. The van der Waals surface area contributed by atoms with Crippen LogP contribution in [0.1, 0.15) is 56.8 Å². The van der Waals surface area contributed by atoms with Crippen molar-refractivity contribution in [2.45, 2.75) is 56.9 Å². The molecular weight excluding hydrogens is 284 g/mol. The molecule has 1 heterocycles. The van der Waals surface area contributed by atoms with Gasteiger partial charge >= 0.3 is 0 Å². The van der Waals surface area contributed by atoms with Crippen molar-refractivity contribution >= 4 is 22.6 Å². The fourth-order valence-corrected chi connectivity index (χ4v) is 3.69. The first kappa shape index (κ1) is 14.7. The summed E-state index contributed by atoms with van der Waals surface area (Å²) in [7, 11) is 1.70. The maximum atomic E-state index is 6.17. The molecule has 1 aliphatic carbocycles. The molecule has 1 aromatic heterocycles. The molecule has 1 saturated carbocycles. The Morgan fingerprint density at radius 2 is 1.90 bits per heavy atom. The predicted molar refractivity (Wildman–Crippen MR) is 87.2 cm³/mol. The van der Waals surface area contributed by atoms with E-state index in [0.29, 0.717) is 11.9 Å². The minimum atomic E-state index is 0.453. The number of hydrogen-bond acceptors (Lipinski definition) is 2. The van der Waals surface area contributed by atoms with Crippen molar-refractivity contribution in [1.29, 1.82) is 0 Å². The second-order valence-electron chi connectivity index (χ2n) is 5.86. The summed E-state index contributed by atoms with van der Waals surface area (Å²) in [4.78, 5) is 4.74. The predicted octanol–water partition coefficient (Wildman–Crippen LogP) is 5.07. The fourth-order valence-electron chi connectivity index (χ4n) is 3.50. The second-order valence-corrected chi connectivity index (χ2v) is 6.13. The molecule has 21 heavy (non-hydrogen) atoms. The normalized spacial score (nSPS) is 17.6. The van der Waals surface area contributed by atoms with E-state index in [1.807, 2.05) is 12.1 Å². The van der Waals surface area contributed by atoms with Crippen LogP contribution in [0.4, 0.5) is 0 Å². The van der Waals surface area contributed by atoms with Crippen molar-refractivity contribution in [2.75, 3.05) is 7.11 Å². The number of methoxy groups -OCH3 is 1. The average Bonchev–Trinajstić information content (AvgIpc) is 2.85. The molecule has 1 fully saturated rings. The van der Waals surface area contributed by atoms with Crippen LogP contribution in [0.15, 0.2) is 18.2 Å². The van der Waals surface area contributed by atoms with Crippen LogP contribution in [-0.4, -0.2) is 16.7 Å². The van der Waals surface area contributed by atoms with Gasteiger partial charge in [-0.3, -0.25) is 0 Å². The van der Waals surface area contributed by atoms with E-state index in [-0.39, 0.29) is 0 Å². The van der Waals surface area contributed by atoms with E-state index in [9.17, 15) is 0 Å². The van der Waals surface area contributed by atoms with Gasteiger partial charge in [-0.05, 0) is 25.0 Å². The number of fused-ring (bicyclic) bond motifs is 1. The monoisotopic (exact) mass is 306 g/mol.